The zero-order chi connectivity index (χ0) is 17.3. The van der Waals surface area contributed by atoms with Crippen molar-refractivity contribution in [2.75, 3.05) is 18.1 Å². The molecule has 3 rings (SSSR count). The van der Waals surface area contributed by atoms with Gasteiger partial charge in [-0.15, -0.1) is 0 Å². The highest BCUT2D eigenvalue weighted by atomic mass is 32.2. The molecule has 2 aromatic heterocycles. The third kappa shape index (κ3) is 3.68. The van der Waals surface area contributed by atoms with Crippen LogP contribution in [0.2, 0.25) is 0 Å². The predicted octanol–water partition coefficient (Wildman–Crippen LogP) is 1.72. The number of sulfonamides is 1. The van der Waals surface area contributed by atoms with E-state index in [9.17, 15) is 8.42 Å². The monoisotopic (exact) mass is 348 g/mol. The van der Waals surface area contributed by atoms with Crippen molar-refractivity contribution in [3.05, 3.63) is 35.5 Å². The summed E-state index contributed by atoms with van der Waals surface area (Å²) >= 11 is 0. The van der Waals surface area contributed by atoms with Gasteiger partial charge >= 0.3 is 0 Å². The van der Waals surface area contributed by atoms with Crippen molar-refractivity contribution in [2.45, 2.75) is 32.7 Å². The van der Waals surface area contributed by atoms with Crippen molar-refractivity contribution < 1.29 is 8.42 Å². The Morgan fingerprint density at radius 3 is 2.54 bits per heavy atom. The standard InChI is InChI=1S/C15H20N6O2S/c1-10-7-11(2)18-15(17-10)20-14-9-16-8-12(19-14)13-5-4-6-21(13)24(3,22)23/h7-9,13H,4-6H2,1-3H3,(H,17,18,19,20)/t13-/m1/s1. The molecule has 24 heavy (non-hydrogen) atoms. The molecule has 0 aromatic carbocycles. The van der Waals surface area contributed by atoms with Gasteiger partial charge in [0.2, 0.25) is 16.0 Å². The van der Waals surface area contributed by atoms with Gasteiger partial charge < -0.3 is 5.32 Å². The smallest absolute Gasteiger partial charge is 0.228 e. The molecule has 1 aliphatic rings. The molecule has 128 valence electrons. The molecule has 0 bridgehead atoms. The summed E-state index contributed by atoms with van der Waals surface area (Å²) in [5.74, 6) is 0.947. The molecule has 1 atom stereocenters. The normalized spacial score (nSPS) is 18.7. The first-order valence-corrected chi connectivity index (χ1v) is 9.56. The van der Waals surface area contributed by atoms with E-state index < -0.39 is 10.0 Å². The van der Waals surface area contributed by atoms with Crippen molar-refractivity contribution in [3.8, 4) is 0 Å². The fraction of sp³-hybridized carbons (Fsp3) is 0.467. The summed E-state index contributed by atoms with van der Waals surface area (Å²) in [6, 6.07) is 1.62. The zero-order valence-electron chi connectivity index (χ0n) is 13.9. The Balaban J connectivity index is 1.86. The Bertz CT molecular complexity index is 835. The second-order valence-corrected chi connectivity index (χ2v) is 7.90. The molecule has 1 N–H and O–H groups in total. The Hall–Kier alpha value is -2.13. The number of hydrogen-bond acceptors (Lipinski definition) is 7. The van der Waals surface area contributed by atoms with Gasteiger partial charge in [-0.25, -0.2) is 23.4 Å². The van der Waals surface area contributed by atoms with Gasteiger partial charge in [0.1, 0.15) is 0 Å². The van der Waals surface area contributed by atoms with Crippen LogP contribution in [0.4, 0.5) is 11.8 Å². The quantitative estimate of drug-likeness (QED) is 0.897. The molecule has 1 fully saturated rings. The molecular formula is C15H20N6O2S. The maximum atomic E-state index is 11.9. The van der Waals surface area contributed by atoms with E-state index in [-0.39, 0.29) is 6.04 Å². The molecule has 1 aliphatic heterocycles. The van der Waals surface area contributed by atoms with Gasteiger partial charge in [0, 0.05) is 17.9 Å². The summed E-state index contributed by atoms with van der Waals surface area (Å²) in [4.78, 5) is 17.3. The van der Waals surface area contributed by atoms with E-state index >= 15 is 0 Å². The van der Waals surface area contributed by atoms with E-state index in [2.05, 4.69) is 25.3 Å². The topological polar surface area (TPSA) is 101 Å². The van der Waals surface area contributed by atoms with Crippen LogP contribution in [0.1, 0.15) is 36.0 Å². The molecule has 0 amide bonds. The Labute approximate surface area is 141 Å². The van der Waals surface area contributed by atoms with Crippen LogP contribution in [0.5, 0.6) is 0 Å². The number of hydrogen-bond donors (Lipinski definition) is 1. The average Bonchev–Trinajstić information content (AvgIpc) is 2.96. The van der Waals surface area contributed by atoms with Gasteiger partial charge in [0.15, 0.2) is 5.82 Å². The Morgan fingerprint density at radius 2 is 1.88 bits per heavy atom. The molecular weight excluding hydrogens is 328 g/mol. The lowest BCUT2D eigenvalue weighted by Gasteiger charge is -2.21. The van der Waals surface area contributed by atoms with Crippen molar-refractivity contribution in [1.82, 2.24) is 24.2 Å². The maximum absolute atomic E-state index is 11.9. The first kappa shape index (κ1) is 16.7. The average molecular weight is 348 g/mol. The Kier molecular flexibility index (Phi) is 4.46. The fourth-order valence-electron chi connectivity index (χ4n) is 2.93. The van der Waals surface area contributed by atoms with Crippen molar-refractivity contribution in [1.29, 1.82) is 0 Å². The SMILES string of the molecule is Cc1cc(C)nc(Nc2cncc([C@H]3CCCN3S(C)(=O)=O)n2)n1. The van der Waals surface area contributed by atoms with Gasteiger partial charge in [0.25, 0.3) is 0 Å². The van der Waals surface area contributed by atoms with Crippen LogP contribution in [0.25, 0.3) is 0 Å². The predicted molar refractivity (Wildman–Crippen MR) is 90.3 cm³/mol. The van der Waals surface area contributed by atoms with Gasteiger partial charge in [-0.3, -0.25) is 4.98 Å². The third-order valence-corrected chi connectivity index (χ3v) is 5.14. The molecule has 0 saturated carbocycles. The lowest BCUT2D eigenvalue weighted by atomic mass is 10.2. The summed E-state index contributed by atoms with van der Waals surface area (Å²) in [5, 5.41) is 3.04. The molecule has 3 heterocycles. The summed E-state index contributed by atoms with van der Waals surface area (Å²) in [6.07, 6.45) is 5.97. The highest BCUT2D eigenvalue weighted by Crippen LogP contribution is 2.32. The number of anilines is 2. The molecule has 0 aliphatic carbocycles. The number of nitrogens with one attached hydrogen (secondary N) is 1. The van der Waals surface area contributed by atoms with Crippen LogP contribution < -0.4 is 5.32 Å². The van der Waals surface area contributed by atoms with E-state index in [1.807, 2.05) is 19.9 Å². The lowest BCUT2D eigenvalue weighted by Crippen LogP contribution is -2.30. The summed E-state index contributed by atoms with van der Waals surface area (Å²) < 4.78 is 25.3. The first-order valence-electron chi connectivity index (χ1n) is 7.71. The molecule has 8 nitrogen and oxygen atoms in total. The van der Waals surface area contributed by atoms with E-state index in [1.165, 1.54) is 10.6 Å². The minimum absolute atomic E-state index is 0.269. The van der Waals surface area contributed by atoms with Crippen LogP contribution in [-0.2, 0) is 10.0 Å². The third-order valence-electron chi connectivity index (χ3n) is 3.85. The lowest BCUT2D eigenvalue weighted by molar-refractivity contribution is 0.393. The summed E-state index contributed by atoms with van der Waals surface area (Å²) in [6.45, 7) is 4.30. The van der Waals surface area contributed by atoms with E-state index in [0.29, 0.717) is 24.0 Å². The summed E-state index contributed by atoms with van der Waals surface area (Å²) in [5.41, 5.74) is 2.34. The molecule has 0 radical (unpaired) electrons. The van der Waals surface area contributed by atoms with Crippen LogP contribution in [0, 0.1) is 13.8 Å². The largest absolute Gasteiger partial charge is 0.307 e. The Morgan fingerprint density at radius 1 is 1.17 bits per heavy atom. The highest BCUT2D eigenvalue weighted by molar-refractivity contribution is 7.88. The van der Waals surface area contributed by atoms with Crippen LogP contribution in [0.3, 0.4) is 0 Å². The number of rotatable bonds is 4. The second kappa shape index (κ2) is 6.40. The van der Waals surface area contributed by atoms with E-state index in [1.54, 1.807) is 12.4 Å². The highest BCUT2D eigenvalue weighted by Gasteiger charge is 2.33. The molecule has 1 saturated heterocycles. The number of aromatic nitrogens is 4. The molecule has 2 aromatic rings. The van der Waals surface area contributed by atoms with Crippen LogP contribution in [-0.4, -0.2) is 45.5 Å². The van der Waals surface area contributed by atoms with Gasteiger partial charge in [-0.1, -0.05) is 0 Å². The zero-order valence-corrected chi connectivity index (χ0v) is 14.7. The van der Waals surface area contributed by atoms with Crippen molar-refractivity contribution in [2.24, 2.45) is 0 Å². The first-order chi connectivity index (χ1) is 11.3. The fourth-order valence-corrected chi connectivity index (χ4v) is 4.07. The van der Waals surface area contributed by atoms with E-state index in [0.717, 1.165) is 24.2 Å². The molecule has 0 unspecified atom stereocenters. The van der Waals surface area contributed by atoms with Crippen LogP contribution in [0.15, 0.2) is 18.5 Å². The van der Waals surface area contributed by atoms with Crippen molar-refractivity contribution in [3.63, 3.8) is 0 Å². The number of aryl methyl sites for hydroxylation is 2. The maximum Gasteiger partial charge on any atom is 0.228 e. The molecule has 0 spiro atoms. The van der Waals surface area contributed by atoms with E-state index in [4.69, 9.17) is 0 Å². The van der Waals surface area contributed by atoms with Gasteiger partial charge in [-0.2, -0.15) is 4.31 Å². The molecule has 9 heteroatoms. The summed E-state index contributed by atoms with van der Waals surface area (Å²) in [7, 11) is -3.26. The number of nitrogens with zero attached hydrogens (tertiary/aromatic N) is 5. The van der Waals surface area contributed by atoms with Gasteiger partial charge in [0.05, 0.1) is 30.4 Å². The minimum Gasteiger partial charge on any atom is -0.307 e. The second-order valence-electron chi connectivity index (χ2n) is 5.96. The van der Waals surface area contributed by atoms with Crippen LogP contribution >= 0.6 is 0 Å². The van der Waals surface area contributed by atoms with Gasteiger partial charge in [-0.05, 0) is 32.8 Å². The minimum atomic E-state index is -3.26. The van der Waals surface area contributed by atoms with Crippen molar-refractivity contribution >= 4 is 21.8 Å².